The highest BCUT2D eigenvalue weighted by Crippen LogP contribution is 2.52. The van der Waals surface area contributed by atoms with Crippen LogP contribution in [0, 0.1) is 24.2 Å². The molecule has 2 N–H and O–H groups in total. The zero-order valence-electron chi connectivity index (χ0n) is 13.0. The molecule has 0 spiro atoms. The molecule has 1 fully saturated rings. The van der Waals surface area contributed by atoms with Crippen LogP contribution in [0.3, 0.4) is 0 Å². The number of aromatic hydroxyl groups is 1. The number of phenols is 1. The molecule has 0 saturated heterocycles. The fraction of sp³-hybridized carbons (Fsp3) is 0.611. The Labute approximate surface area is 126 Å². The molecule has 1 aromatic carbocycles. The van der Waals surface area contributed by atoms with E-state index in [2.05, 4.69) is 13.8 Å². The highest BCUT2D eigenvalue weighted by Gasteiger charge is 2.46. The van der Waals surface area contributed by atoms with Crippen molar-refractivity contribution < 1.29 is 15.0 Å². The van der Waals surface area contributed by atoms with Crippen LogP contribution in [0.15, 0.2) is 12.1 Å². The van der Waals surface area contributed by atoms with Crippen molar-refractivity contribution in [3.05, 3.63) is 28.8 Å². The maximum absolute atomic E-state index is 12.7. The van der Waals surface area contributed by atoms with E-state index in [9.17, 15) is 15.0 Å². The van der Waals surface area contributed by atoms with E-state index in [4.69, 9.17) is 0 Å². The molecule has 0 heterocycles. The van der Waals surface area contributed by atoms with Crippen LogP contribution < -0.4 is 0 Å². The van der Waals surface area contributed by atoms with Crippen LogP contribution in [-0.4, -0.2) is 16.0 Å². The Morgan fingerprint density at radius 3 is 2.71 bits per heavy atom. The van der Waals surface area contributed by atoms with E-state index in [-0.39, 0.29) is 28.8 Å². The molecule has 3 rings (SSSR count). The molecule has 21 heavy (non-hydrogen) atoms. The number of aliphatic hydroxyl groups is 1. The monoisotopic (exact) mass is 288 g/mol. The lowest BCUT2D eigenvalue weighted by Crippen LogP contribution is -2.37. The number of fused-ring (bicyclic) bond motifs is 2. The largest absolute Gasteiger partial charge is 0.508 e. The van der Waals surface area contributed by atoms with E-state index in [0.29, 0.717) is 23.1 Å². The van der Waals surface area contributed by atoms with E-state index < -0.39 is 6.10 Å². The second kappa shape index (κ2) is 4.84. The van der Waals surface area contributed by atoms with E-state index in [1.807, 2.05) is 0 Å². The molecule has 0 amide bonds. The Hall–Kier alpha value is -1.35. The van der Waals surface area contributed by atoms with Gasteiger partial charge in [0, 0.05) is 12.0 Å². The van der Waals surface area contributed by atoms with Gasteiger partial charge >= 0.3 is 0 Å². The molecular formula is C18H24O3. The van der Waals surface area contributed by atoms with Gasteiger partial charge in [-0.2, -0.15) is 0 Å². The maximum atomic E-state index is 12.7. The summed E-state index contributed by atoms with van der Waals surface area (Å²) in [6.07, 6.45) is 3.01. The van der Waals surface area contributed by atoms with Crippen LogP contribution in [0.4, 0.5) is 0 Å². The van der Waals surface area contributed by atoms with Crippen molar-refractivity contribution in [2.24, 2.45) is 17.3 Å². The summed E-state index contributed by atoms with van der Waals surface area (Å²) in [5.41, 5.74) is 1.99. The van der Waals surface area contributed by atoms with Gasteiger partial charge in [0.25, 0.3) is 0 Å². The van der Waals surface area contributed by atoms with Gasteiger partial charge in [-0.3, -0.25) is 4.79 Å². The summed E-state index contributed by atoms with van der Waals surface area (Å²) in [6.45, 7) is 6.21. The normalized spacial score (nSPS) is 31.2. The molecule has 3 heteroatoms. The molecule has 0 bridgehead atoms. The Bertz CT molecular complexity index is 588. The van der Waals surface area contributed by atoms with E-state index in [1.54, 1.807) is 19.1 Å². The van der Waals surface area contributed by atoms with Crippen LogP contribution in [0.2, 0.25) is 0 Å². The first-order valence-corrected chi connectivity index (χ1v) is 7.86. The molecule has 3 atom stereocenters. The molecule has 0 unspecified atom stereocenters. The SMILES string of the molecule is Cc1cc2c(cc1O)[C@H](O)[C@H]1CCCC(C)(C)[C@@H]1CC2=O. The fourth-order valence-corrected chi connectivity index (χ4v) is 4.30. The number of hydrogen-bond acceptors (Lipinski definition) is 3. The summed E-state index contributed by atoms with van der Waals surface area (Å²) in [4.78, 5) is 12.7. The summed E-state index contributed by atoms with van der Waals surface area (Å²) in [5, 5.41) is 20.8. The summed E-state index contributed by atoms with van der Waals surface area (Å²) in [6, 6.07) is 3.33. The summed E-state index contributed by atoms with van der Waals surface area (Å²) in [5.74, 6) is 0.591. The number of benzene rings is 1. The minimum Gasteiger partial charge on any atom is -0.508 e. The topological polar surface area (TPSA) is 57.5 Å². The predicted molar refractivity (Wildman–Crippen MR) is 81.4 cm³/mol. The standard InChI is InChI=1S/C18H24O3/c1-10-7-12-13(8-15(10)19)17(21)11-5-4-6-18(2,3)14(11)9-16(12)20/h7-8,11,14,17,19,21H,4-6,9H2,1-3H3/t11-,14+,17+/m0/s1. The Morgan fingerprint density at radius 2 is 2.00 bits per heavy atom. The minimum atomic E-state index is -0.650. The third-order valence-corrected chi connectivity index (χ3v) is 5.68. The number of ketones is 1. The number of carbonyl (C=O) groups is 1. The molecule has 3 nitrogen and oxygen atoms in total. The van der Waals surface area contributed by atoms with E-state index in [0.717, 1.165) is 19.3 Å². The average molecular weight is 288 g/mol. The second-order valence-corrected chi connectivity index (χ2v) is 7.45. The number of Topliss-reactive ketones (excluding diaryl/α,β-unsaturated/α-hetero) is 1. The first-order chi connectivity index (χ1) is 9.81. The molecule has 114 valence electrons. The van der Waals surface area contributed by atoms with Crippen LogP contribution in [0.1, 0.15) is 67.1 Å². The van der Waals surface area contributed by atoms with Crippen molar-refractivity contribution >= 4 is 5.78 Å². The number of hydrogen-bond donors (Lipinski definition) is 2. The zero-order valence-corrected chi connectivity index (χ0v) is 13.0. The van der Waals surface area contributed by atoms with Gasteiger partial charge in [0.15, 0.2) is 5.78 Å². The Kier molecular flexibility index (Phi) is 3.36. The molecule has 2 aliphatic rings. The van der Waals surface area contributed by atoms with Gasteiger partial charge in [0.1, 0.15) is 5.75 Å². The number of aliphatic hydroxyl groups excluding tert-OH is 1. The summed E-state index contributed by atoms with van der Waals surface area (Å²) >= 11 is 0. The van der Waals surface area contributed by atoms with Crippen molar-refractivity contribution in [1.82, 2.24) is 0 Å². The highest BCUT2D eigenvalue weighted by atomic mass is 16.3. The van der Waals surface area contributed by atoms with Crippen LogP contribution >= 0.6 is 0 Å². The lowest BCUT2D eigenvalue weighted by Gasteiger charge is -2.44. The smallest absolute Gasteiger partial charge is 0.163 e. The Balaban J connectivity index is 2.12. The van der Waals surface area contributed by atoms with Gasteiger partial charge in [0.2, 0.25) is 0 Å². The van der Waals surface area contributed by atoms with Crippen molar-refractivity contribution in [3.63, 3.8) is 0 Å². The molecule has 1 saturated carbocycles. The molecule has 0 radical (unpaired) electrons. The number of rotatable bonds is 0. The first-order valence-electron chi connectivity index (χ1n) is 7.86. The van der Waals surface area contributed by atoms with Gasteiger partial charge in [-0.1, -0.05) is 20.3 Å². The zero-order chi connectivity index (χ0) is 15.4. The maximum Gasteiger partial charge on any atom is 0.163 e. The summed E-state index contributed by atoms with van der Waals surface area (Å²) < 4.78 is 0. The number of carbonyl (C=O) groups excluding carboxylic acids is 1. The lowest BCUT2D eigenvalue weighted by atomic mass is 9.61. The third-order valence-electron chi connectivity index (χ3n) is 5.68. The summed E-state index contributed by atoms with van der Waals surface area (Å²) in [7, 11) is 0. The molecular weight excluding hydrogens is 264 g/mol. The molecule has 1 aromatic rings. The van der Waals surface area contributed by atoms with Gasteiger partial charge in [-0.05, 0) is 60.3 Å². The fourth-order valence-electron chi connectivity index (χ4n) is 4.30. The molecule has 0 aromatic heterocycles. The third kappa shape index (κ3) is 2.28. The lowest BCUT2D eigenvalue weighted by molar-refractivity contribution is -0.0117. The molecule has 2 aliphatic carbocycles. The van der Waals surface area contributed by atoms with Crippen LogP contribution in [-0.2, 0) is 0 Å². The Morgan fingerprint density at radius 1 is 1.29 bits per heavy atom. The quantitative estimate of drug-likeness (QED) is 0.764. The highest BCUT2D eigenvalue weighted by molar-refractivity contribution is 5.98. The number of aryl methyl sites for hydroxylation is 1. The minimum absolute atomic E-state index is 0.0820. The number of phenolic OH excluding ortho intramolecular Hbond substituents is 1. The van der Waals surface area contributed by atoms with E-state index >= 15 is 0 Å². The van der Waals surface area contributed by atoms with Crippen molar-refractivity contribution in [2.75, 3.05) is 0 Å². The van der Waals surface area contributed by atoms with Gasteiger partial charge in [-0.15, -0.1) is 0 Å². The van der Waals surface area contributed by atoms with Gasteiger partial charge in [-0.25, -0.2) is 0 Å². The van der Waals surface area contributed by atoms with E-state index in [1.165, 1.54) is 0 Å². The van der Waals surface area contributed by atoms with Crippen molar-refractivity contribution in [3.8, 4) is 5.75 Å². The van der Waals surface area contributed by atoms with Gasteiger partial charge < -0.3 is 10.2 Å². The van der Waals surface area contributed by atoms with Gasteiger partial charge in [0.05, 0.1) is 6.10 Å². The average Bonchev–Trinajstić information content (AvgIpc) is 2.51. The predicted octanol–water partition coefficient (Wildman–Crippen LogP) is 3.76. The van der Waals surface area contributed by atoms with Crippen molar-refractivity contribution in [2.45, 2.75) is 52.6 Å². The van der Waals surface area contributed by atoms with Crippen LogP contribution in [0.25, 0.3) is 0 Å². The van der Waals surface area contributed by atoms with Crippen molar-refractivity contribution in [1.29, 1.82) is 0 Å². The first kappa shape index (κ1) is 14.6. The second-order valence-electron chi connectivity index (χ2n) is 7.45. The van der Waals surface area contributed by atoms with Crippen LogP contribution in [0.5, 0.6) is 5.75 Å². The molecule has 0 aliphatic heterocycles.